The van der Waals surface area contributed by atoms with Gasteiger partial charge in [0.2, 0.25) is 0 Å². The molecule has 0 heterocycles. The van der Waals surface area contributed by atoms with E-state index >= 15 is 0 Å². The number of hydrogen-bond donors (Lipinski definition) is 1. The Hall–Kier alpha value is -1.62. The quantitative estimate of drug-likeness (QED) is 0.499. The van der Waals surface area contributed by atoms with Crippen LogP contribution in [0.5, 0.6) is 0 Å². The topological polar surface area (TPSA) is 72.2 Å². The van der Waals surface area contributed by atoms with Gasteiger partial charge in [0, 0.05) is 18.0 Å². The molecular formula is C11H13ClN2O3. The Morgan fingerprint density at radius 3 is 2.71 bits per heavy atom. The molecule has 0 fully saturated rings. The number of alkyl halides is 1. The molecule has 1 aromatic rings. The summed E-state index contributed by atoms with van der Waals surface area (Å²) in [6.07, 6.45) is 0.676. The zero-order chi connectivity index (χ0) is 12.8. The molecule has 0 aliphatic carbocycles. The molecule has 0 spiro atoms. The number of nitro benzene ring substituents is 1. The van der Waals surface area contributed by atoms with Crippen molar-refractivity contribution in [3.8, 4) is 0 Å². The fourth-order valence-corrected chi connectivity index (χ4v) is 1.63. The fraction of sp³-hybridized carbons (Fsp3) is 0.364. The number of nitrogens with zero attached hydrogens (tertiary/aromatic N) is 1. The van der Waals surface area contributed by atoms with E-state index in [0.29, 0.717) is 6.42 Å². The first-order valence-electron chi connectivity index (χ1n) is 5.20. The van der Waals surface area contributed by atoms with Crippen LogP contribution in [0.25, 0.3) is 0 Å². The molecule has 5 nitrogen and oxygen atoms in total. The first-order valence-corrected chi connectivity index (χ1v) is 5.73. The van der Waals surface area contributed by atoms with Crippen molar-refractivity contribution in [2.24, 2.45) is 0 Å². The van der Waals surface area contributed by atoms with Gasteiger partial charge in [-0.05, 0) is 12.5 Å². The summed E-state index contributed by atoms with van der Waals surface area (Å²) in [5.41, 5.74) is -0.143. The van der Waals surface area contributed by atoms with Gasteiger partial charge in [-0.3, -0.25) is 14.9 Å². The summed E-state index contributed by atoms with van der Waals surface area (Å²) >= 11 is 5.65. The maximum Gasteiger partial charge on any atom is 0.282 e. The number of para-hydroxylation sites is 1. The molecule has 0 bridgehead atoms. The van der Waals surface area contributed by atoms with Gasteiger partial charge < -0.3 is 5.32 Å². The molecule has 0 saturated heterocycles. The van der Waals surface area contributed by atoms with Crippen molar-refractivity contribution in [3.63, 3.8) is 0 Å². The number of amides is 1. The van der Waals surface area contributed by atoms with Gasteiger partial charge in [-0.1, -0.05) is 19.1 Å². The lowest BCUT2D eigenvalue weighted by molar-refractivity contribution is -0.385. The first kappa shape index (κ1) is 13.4. The van der Waals surface area contributed by atoms with Gasteiger partial charge in [-0.15, -0.1) is 11.6 Å². The van der Waals surface area contributed by atoms with Crippen molar-refractivity contribution < 1.29 is 9.72 Å². The number of benzene rings is 1. The van der Waals surface area contributed by atoms with Crippen LogP contribution >= 0.6 is 11.6 Å². The Balaban J connectivity index is 2.92. The smallest absolute Gasteiger partial charge is 0.282 e. The average molecular weight is 257 g/mol. The summed E-state index contributed by atoms with van der Waals surface area (Å²) in [5.74, 6) is -0.187. The molecule has 0 radical (unpaired) electrons. The predicted octanol–water partition coefficient (Wildman–Crippen LogP) is 2.34. The van der Waals surface area contributed by atoms with E-state index in [0.717, 1.165) is 0 Å². The fourth-order valence-electron chi connectivity index (χ4n) is 1.34. The van der Waals surface area contributed by atoms with Gasteiger partial charge in [0.25, 0.3) is 11.6 Å². The zero-order valence-corrected chi connectivity index (χ0v) is 10.1. The van der Waals surface area contributed by atoms with Gasteiger partial charge in [-0.2, -0.15) is 0 Å². The Labute approximate surface area is 104 Å². The van der Waals surface area contributed by atoms with Crippen LogP contribution in [0.1, 0.15) is 23.7 Å². The molecular weight excluding hydrogens is 244 g/mol. The van der Waals surface area contributed by atoms with Crippen molar-refractivity contribution in [2.75, 3.05) is 5.88 Å². The molecule has 1 atom stereocenters. The van der Waals surface area contributed by atoms with Gasteiger partial charge in [0.15, 0.2) is 0 Å². The lowest BCUT2D eigenvalue weighted by Crippen LogP contribution is -2.35. The SMILES string of the molecule is CCC(CCl)NC(=O)c1ccccc1[N+](=O)[O-]. The minimum absolute atomic E-state index is 0.0565. The molecule has 0 aromatic heterocycles. The number of nitrogens with one attached hydrogen (secondary N) is 1. The van der Waals surface area contributed by atoms with E-state index < -0.39 is 10.8 Å². The Bertz CT molecular complexity index is 419. The summed E-state index contributed by atoms with van der Waals surface area (Å²) < 4.78 is 0. The second kappa shape index (κ2) is 6.20. The van der Waals surface area contributed by atoms with Gasteiger partial charge in [0.1, 0.15) is 5.56 Å². The maximum atomic E-state index is 11.8. The van der Waals surface area contributed by atoms with Crippen LogP contribution in [0.3, 0.4) is 0 Å². The second-order valence-electron chi connectivity index (χ2n) is 3.51. The first-order chi connectivity index (χ1) is 8.10. The standard InChI is InChI=1S/C11H13ClN2O3/c1-2-8(7-12)13-11(15)9-5-3-4-6-10(9)14(16)17/h3-6,8H,2,7H2,1H3,(H,13,15). The van der Waals surface area contributed by atoms with Crippen LogP contribution in [0, 0.1) is 10.1 Å². The van der Waals surface area contributed by atoms with Crippen LogP contribution in [-0.4, -0.2) is 22.8 Å². The number of nitro groups is 1. The van der Waals surface area contributed by atoms with E-state index in [1.54, 1.807) is 6.07 Å². The predicted molar refractivity (Wildman–Crippen MR) is 65.4 cm³/mol. The summed E-state index contributed by atoms with van der Waals surface area (Å²) in [5, 5.41) is 13.4. The van der Waals surface area contributed by atoms with E-state index in [4.69, 9.17) is 11.6 Å². The highest BCUT2D eigenvalue weighted by molar-refractivity contribution is 6.18. The normalized spacial score (nSPS) is 11.9. The maximum absolute atomic E-state index is 11.8. The van der Waals surface area contributed by atoms with Gasteiger partial charge >= 0.3 is 0 Å². The third-order valence-corrected chi connectivity index (χ3v) is 2.73. The van der Waals surface area contributed by atoms with Crippen LogP contribution in [-0.2, 0) is 0 Å². The van der Waals surface area contributed by atoms with E-state index in [-0.39, 0.29) is 23.2 Å². The monoisotopic (exact) mass is 256 g/mol. The van der Waals surface area contributed by atoms with Gasteiger partial charge in [-0.25, -0.2) is 0 Å². The minimum atomic E-state index is -0.573. The molecule has 1 aromatic carbocycles. The third-order valence-electron chi connectivity index (χ3n) is 2.36. The molecule has 1 unspecified atom stereocenters. The Morgan fingerprint density at radius 1 is 1.53 bits per heavy atom. The van der Waals surface area contributed by atoms with Crippen molar-refractivity contribution in [3.05, 3.63) is 39.9 Å². The van der Waals surface area contributed by atoms with E-state index in [9.17, 15) is 14.9 Å². The van der Waals surface area contributed by atoms with E-state index in [1.807, 2.05) is 6.92 Å². The number of carbonyl (C=O) groups is 1. The summed E-state index contributed by atoms with van der Waals surface area (Å²) in [4.78, 5) is 22.0. The molecule has 1 N–H and O–H groups in total. The van der Waals surface area contributed by atoms with Crippen molar-refractivity contribution >= 4 is 23.2 Å². The van der Waals surface area contributed by atoms with Crippen LogP contribution in [0.2, 0.25) is 0 Å². The van der Waals surface area contributed by atoms with Crippen molar-refractivity contribution in [2.45, 2.75) is 19.4 Å². The van der Waals surface area contributed by atoms with E-state index in [2.05, 4.69) is 5.32 Å². The number of halogens is 1. The summed E-state index contributed by atoms with van der Waals surface area (Å²) in [7, 11) is 0. The van der Waals surface area contributed by atoms with Crippen LogP contribution < -0.4 is 5.32 Å². The average Bonchev–Trinajstić information content (AvgIpc) is 2.35. The molecule has 0 aliphatic rings. The van der Waals surface area contributed by atoms with Crippen molar-refractivity contribution in [1.82, 2.24) is 5.32 Å². The van der Waals surface area contributed by atoms with E-state index in [1.165, 1.54) is 18.2 Å². The van der Waals surface area contributed by atoms with Crippen LogP contribution in [0.15, 0.2) is 24.3 Å². The molecule has 0 aliphatic heterocycles. The minimum Gasteiger partial charge on any atom is -0.348 e. The van der Waals surface area contributed by atoms with Crippen LogP contribution in [0.4, 0.5) is 5.69 Å². The summed E-state index contributed by atoms with van der Waals surface area (Å²) in [6.45, 7) is 1.88. The lowest BCUT2D eigenvalue weighted by atomic mass is 10.1. The summed E-state index contributed by atoms with van der Waals surface area (Å²) in [6, 6.07) is 5.66. The Kier molecular flexibility index (Phi) is 4.90. The molecule has 1 rings (SSSR count). The third kappa shape index (κ3) is 3.42. The Morgan fingerprint density at radius 2 is 2.18 bits per heavy atom. The number of rotatable bonds is 5. The zero-order valence-electron chi connectivity index (χ0n) is 9.35. The highest BCUT2D eigenvalue weighted by Crippen LogP contribution is 2.17. The highest BCUT2D eigenvalue weighted by atomic mass is 35.5. The molecule has 92 valence electrons. The number of carbonyl (C=O) groups excluding carboxylic acids is 1. The lowest BCUT2D eigenvalue weighted by Gasteiger charge is -2.13. The van der Waals surface area contributed by atoms with Crippen molar-refractivity contribution in [1.29, 1.82) is 0 Å². The molecule has 0 saturated carbocycles. The van der Waals surface area contributed by atoms with Gasteiger partial charge in [0.05, 0.1) is 4.92 Å². The largest absolute Gasteiger partial charge is 0.348 e. The number of hydrogen-bond acceptors (Lipinski definition) is 3. The molecule has 6 heteroatoms. The molecule has 17 heavy (non-hydrogen) atoms. The molecule has 1 amide bonds. The highest BCUT2D eigenvalue weighted by Gasteiger charge is 2.20. The second-order valence-corrected chi connectivity index (χ2v) is 3.82.